The van der Waals surface area contributed by atoms with Gasteiger partial charge < -0.3 is 19.9 Å². The fourth-order valence-electron chi connectivity index (χ4n) is 5.70. The first-order chi connectivity index (χ1) is 15.8. The number of aryl methyl sites for hydroxylation is 2. The number of methoxy groups -OCH3 is 1. The smallest absolute Gasteiger partial charge is 0.309 e. The second-order valence-corrected chi connectivity index (χ2v) is 10.4. The Morgan fingerprint density at radius 3 is 2.15 bits per heavy atom. The van der Waals surface area contributed by atoms with Crippen molar-refractivity contribution >= 4 is 34.9 Å². The van der Waals surface area contributed by atoms with Gasteiger partial charge in [0.1, 0.15) is 0 Å². The number of rotatable bonds is 3. The lowest BCUT2D eigenvalue weighted by atomic mass is 9.77. The van der Waals surface area contributed by atoms with Crippen LogP contribution in [0, 0.1) is 31.1 Å². The quantitative estimate of drug-likeness (QED) is 0.409. The molecule has 1 aromatic rings. The molecule has 2 heterocycles. The van der Waals surface area contributed by atoms with Crippen molar-refractivity contribution in [1.82, 2.24) is 9.80 Å². The van der Waals surface area contributed by atoms with E-state index < -0.39 is 0 Å². The van der Waals surface area contributed by atoms with Crippen LogP contribution in [0.5, 0.6) is 0 Å². The second kappa shape index (κ2) is 9.84. The lowest BCUT2D eigenvalue weighted by Gasteiger charge is -2.40. The van der Waals surface area contributed by atoms with Crippen LogP contribution in [0.15, 0.2) is 30.4 Å². The van der Waals surface area contributed by atoms with E-state index in [1.165, 1.54) is 18.2 Å². The zero-order chi connectivity index (χ0) is 23.6. The Kier molecular flexibility index (Phi) is 7.07. The molecule has 1 amide bonds. The van der Waals surface area contributed by atoms with Gasteiger partial charge in [0.15, 0.2) is 5.11 Å². The number of piperidine rings is 1. The number of carbonyl (C=O) groups excluding carboxylic acids is 2. The first-order valence-corrected chi connectivity index (χ1v) is 12.4. The summed E-state index contributed by atoms with van der Waals surface area (Å²) in [5, 5.41) is 4.18. The summed E-state index contributed by atoms with van der Waals surface area (Å²) in [6.45, 7) is 7.54. The van der Waals surface area contributed by atoms with Gasteiger partial charge in [-0.15, -0.1) is 0 Å². The minimum Gasteiger partial charge on any atom is -0.469 e. The molecule has 1 aromatic carbocycles. The molecule has 2 aliphatic heterocycles. The van der Waals surface area contributed by atoms with Crippen molar-refractivity contribution in [2.24, 2.45) is 17.3 Å². The summed E-state index contributed by atoms with van der Waals surface area (Å²) in [5.41, 5.74) is 3.64. The van der Waals surface area contributed by atoms with Crippen LogP contribution in [-0.4, -0.2) is 60.1 Å². The van der Waals surface area contributed by atoms with Crippen molar-refractivity contribution in [3.63, 3.8) is 0 Å². The van der Waals surface area contributed by atoms with Crippen LogP contribution in [-0.2, 0) is 14.3 Å². The number of thiocarbonyl (C=S) groups is 1. The molecule has 7 heteroatoms. The van der Waals surface area contributed by atoms with Crippen molar-refractivity contribution in [3.05, 3.63) is 41.5 Å². The second-order valence-electron chi connectivity index (χ2n) is 9.98. The van der Waals surface area contributed by atoms with Crippen LogP contribution in [0.25, 0.3) is 0 Å². The van der Waals surface area contributed by atoms with Gasteiger partial charge >= 0.3 is 5.97 Å². The zero-order valence-corrected chi connectivity index (χ0v) is 20.7. The number of amides is 1. The number of likely N-dealkylation sites (tertiary alicyclic amines) is 2. The molecule has 0 bridgehead atoms. The molecular weight excluding hydrogens is 434 g/mol. The predicted octanol–water partition coefficient (Wildman–Crippen LogP) is 4.07. The van der Waals surface area contributed by atoms with Crippen LogP contribution in [0.1, 0.15) is 43.2 Å². The van der Waals surface area contributed by atoms with Crippen molar-refractivity contribution < 1.29 is 14.3 Å². The molecule has 2 fully saturated rings. The lowest BCUT2D eigenvalue weighted by Crippen LogP contribution is -2.47. The van der Waals surface area contributed by atoms with Crippen molar-refractivity contribution in [1.29, 1.82) is 0 Å². The Bertz CT molecular complexity index is 932. The molecule has 0 saturated carbocycles. The van der Waals surface area contributed by atoms with Gasteiger partial charge in [-0.1, -0.05) is 18.2 Å². The van der Waals surface area contributed by atoms with E-state index in [9.17, 15) is 9.59 Å². The zero-order valence-electron chi connectivity index (χ0n) is 19.9. The molecule has 2 saturated heterocycles. The summed E-state index contributed by atoms with van der Waals surface area (Å²) in [6.07, 6.45) is 8.29. The van der Waals surface area contributed by atoms with E-state index in [0.717, 1.165) is 56.2 Å². The summed E-state index contributed by atoms with van der Waals surface area (Å²) in [6, 6.07) is 6.39. The molecule has 4 rings (SSSR count). The number of benzene rings is 1. The van der Waals surface area contributed by atoms with Gasteiger partial charge in [0, 0.05) is 31.9 Å². The van der Waals surface area contributed by atoms with E-state index in [1.807, 2.05) is 17.1 Å². The fourth-order valence-corrected chi connectivity index (χ4v) is 6.00. The van der Waals surface area contributed by atoms with Gasteiger partial charge in [-0.05, 0) is 86.8 Å². The highest BCUT2D eigenvalue weighted by Crippen LogP contribution is 2.42. The van der Waals surface area contributed by atoms with Crippen molar-refractivity contribution in [2.45, 2.75) is 46.0 Å². The van der Waals surface area contributed by atoms with Gasteiger partial charge in [0.2, 0.25) is 5.91 Å². The number of anilines is 1. The normalized spacial score (nSPS) is 24.1. The number of esters is 1. The molecule has 1 N–H and O–H groups in total. The van der Waals surface area contributed by atoms with Gasteiger partial charge in [-0.2, -0.15) is 0 Å². The minimum atomic E-state index is -0.361. The average molecular weight is 470 g/mol. The number of nitrogens with zero attached hydrogens (tertiary/aromatic N) is 2. The third-order valence-electron chi connectivity index (χ3n) is 7.59. The Hall–Kier alpha value is -2.41. The average Bonchev–Trinajstić information content (AvgIpc) is 3.21. The maximum atomic E-state index is 13.3. The standard InChI is InChI=1S/C26H35N3O3S/c1-18-14-19(2)16-20(15-18)27-25(33)28-11-8-26(9-12-28)10-13-29(17-26)23(30)21-6-4-5-7-22(21)24(31)32-3/h4-5,14-16,21-22H,6-13,17H2,1-3H3,(H,27,33)/t21-,22+/m1/s1. The number of hydrogen-bond acceptors (Lipinski definition) is 4. The number of hydrogen-bond donors (Lipinski definition) is 1. The molecule has 1 spiro atoms. The molecule has 0 aromatic heterocycles. The van der Waals surface area contributed by atoms with E-state index >= 15 is 0 Å². The summed E-state index contributed by atoms with van der Waals surface area (Å²) in [7, 11) is 1.40. The Morgan fingerprint density at radius 2 is 1.55 bits per heavy atom. The van der Waals surface area contributed by atoms with Crippen molar-refractivity contribution in [2.75, 3.05) is 38.6 Å². The highest BCUT2D eigenvalue weighted by atomic mass is 32.1. The first kappa shape index (κ1) is 23.7. The van der Waals surface area contributed by atoms with Crippen LogP contribution in [0.2, 0.25) is 0 Å². The van der Waals surface area contributed by atoms with Crippen molar-refractivity contribution in [3.8, 4) is 0 Å². The van der Waals surface area contributed by atoms with E-state index in [4.69, 9.17) is 17.0 Å². The minimum absolute atomic E-state index is 0.112. The largest absolute Gasteiger partial charge is 0.469 e. The highest BCUT2D eigenvalue weighted by Gasteiger charge is 2.45. The molecule has 2 atom stereocenters. The number of nitrogens with one attached hydrogen (secondary N) is 1. The van der Waals surface area contributed by atoms with Gasteiger partial charge in [-0.3, -0.25) is 9.59 Å². The van der Waals surface area contributed by atoms with E-state index in [0.29, 0.717) is 12.8 Å². The molecule has 0 radical (unpaired) electrons. The van der Waals surface area contributed by atoms with Gasteiger partial charge in [-0.25, -0.2) is 0 Å². The molecule has 33 heavy (non-hydrogen) atoms. The van der Waals surface area contributed by atoms with E-state index in [1.54, 1.807) is 0 Å². The van der Waals surface area contributed by atoms with Gasteiger partial charge in [0.25, 0.3) is 0 Å². The monoisotopic (exact) mass is 469 g/mol. The maximum Gasteiger partial charge on any atom is 0.309 e. The first-order valence-electron chi connectivity index (χ1n) is 12.0. The summed E-state index contributed by atoms with van der Waals surface area (Å²) < 4.78 is 4.97. The SMILES string of the molecule is COC(=O)[C@H]1CC=CC[C@H]1C(=O)N1CCC2(CCN(C(=S)Nc3cc(C)cc(C)c3)CC2)C1. The molecule has 0 unspecified atom stereocenters. The maximum absolute atomic E-state index is 13.3. The van der Waals surface area contributed by atoms with Crippen LogP contribution in [0.3, 0.4) is 0 Å². The van der Waals surface area contributed by atoms with Crippen LogP contribution < -0.4 is 5.32 Å². The predicted molar refractivity (Wildman–Crippen MR) is 134 cm³/mol. The number of carbonyl (C=O) groups is 2. The molecule has 178 valence electrons. The Labute approximate surface area is 202 Å². The third-order valence-corrected chi connectivity index (χ3v) is 7.95. The van der Waals surface area contributed by atoms with Crippen LogP contribution in [0.4, 0.5) is 5.69 Å². The van der Waals surface area contributed by atoms with E-state index in [2.05, 4.69) is 42.3 Å². The summed E-state index contributed by atoms with van der Waals surface area (Å²) in [4.78, 5) is 29.8. The summed E-state index contributed by atoms with van der Waals surface area (Å²) >= 11 is 5.70. The molecule has 1 aliphatic carbocycles. The Morgan fingerprint density at radius 1 is 0.970 bits per heavy atom. The number of ether oxygens (including phenoxy) is 1. The number of allylic oxidation sites excluding steroid dienone is 2. The summed E-state index contributed by atoms with van der Waals surface area (Å²) in [5.74, 6) is -0.822. The third kappa shape index (κ3) is 5.24. The van der Waals surface area contributed by atoms with Gasteiger partial charge in [0.05, 0.1) is 18.9 Å². The fraction of sp³-hybridized carbons (Fsp3) is 0.577. The molecule has 3 aliphatic rings. The van der Waals surface area contributed by atoms with E-state index in [-0.39, 0.29) is 29.1 Å². The topological polar surface area (TPSA) is 61.9 Å². The molecule has 6 nitrogen and oxygen atoms in total. The lowest BCUT2D eigenvalue weighted by molar-refractivity contribution is -0.153. The van der Waals surface area contributed by atoms with Crippen LogP contribution >= 0.6 is 12.2 Å². The Balaban J connectivity index is 1.33. The molecular formula is C26H35N3O3S. The highest BCUT2D eigenvalue weighted by molar-refractivity contribution is 7.80.